The SMILES string of the molecule is COc1cc(C(=O)Nc2nc(C)cc(Cl)n2)ccc1N. The quantitative estimate of drug-likeness (QED) is 0.669. The Labute approximate surface area is 120 Å². The van der Waals surface area contributed by atoms with E-state index in [1.165, 1.54) is 7.11 Å². The monoisotopic (exact) mass is 292 g/mol. The van der Waals surface area contributed by atoms with Gasteiger partial charge in [0.05, 0.1) is 12.8 Å². The summed E-state index contributed by atoms with van der Waals surface area (Å²) in [6.07, 6.45) is 0. The van der Waals surface area contributed by atoms with E-state index in [0.29, 0.717) is 22.7 Å². The molecule has 3 N–H and O–H groups in total. The third-order valence-electron chi connectivity index (χ3n) is 2.54. The third kappa shape index (κ3) is 3.16. The summed E-state index contributed by atoms with van der Waals surface area (Å²) in [6, 6.07) is 6.33. The molecule has 0 radical (unpaired) electrons. The molecular weight excluding hydrogens is 280 g/mol. The molecule has 20 heavy (non-hydrogen) atoms. The number of methoxy groups -OCH3 is 1. The summed E-state index contributed by atoms with van der Waals surface area (Å²) in [6.45, 7) is 1.76. The van der Waals surface area contributed by atoms with Crippen LogP contribution in [0, 0.1) is 6.92 Å². The van der Waals surface area contributed by atoms with Crippen LogP contribution in [0.25, 0.3) is 0 Å². The molecule has 1 aromatic carbocycles. The Morgan fingerprint density at radius 2 is 2.10 bits per heavy atom. The van der Waals surface area contributed by atoms with Gasteiger partial charge in [-0.15, -0.1) is 0 Å². The molecule has 0 unspecified atom stereocenters. The van der Waals surface area contributed by atoms with Gasteiger partial charge in [0.2, 0.25) is 5.95 Å². The number of ether oxygens (including phenoxy) is 1. The molecular formula is C13H13ClN4O2. The number of nitrogens with zero attached hydrogens (tertiary/aromatic N) is 2. The normalized spacial score (nSPS) is 10.2. The predicted octanol–water partition coefficient (Wildman–Crippen LogP) is 2.28. The summed E-state index contributed by atoms with van der Waals surface area (Å²) < 4.78 is 5.07. The first-order valence-electron chi connectivity index (χ1n) is 5.75. The van der Waals surface area contributed by atoms with Gasteiger partial charge in [0.25, 0.3) is 5.91 Å². The first-order chi connectivity index (χ1) is 9.49. The average molecular weight is 293 g/mol. The summed E-state index contributed by atoms with van der Waals surface area (Å²) >= 11 is 5.81. The highest BCUT2D eigenvalue weighted by Crippen LogP contribution is 2.22. The minimum atomic E-state index is -0.370. The maximum Gasteiger partial charge on any atom is 0.258 e. The Bertz CT molecular complexity index is 641. The number of nitrogen functional groups attached to an aromatic ring is 1. The number of amides is 1. The van der Waals surface area contributed by atoms with Crippen molar-refractivity contribution in [2.45, 2.75) is 6.92 Å². The second kappa shape index (κ2) is 5.75. The lowest BCUT2D eigenvalue weighted by Crippen LogP contribution is -2.15. The van der Waals surface area contributed by atoms with Crippen LogP contribution < -0.4 is 15.8 Å². The lowest BCUT2D eigenvalue weighted by atomic mass is 10.2. The van der Waals surface area contributed by atoms with Gasteiger partial charge >= 0.3 is 0 Å². The van der Waals surface area contributed by atoms with Crippen molar-refractivity contribution in [1.82, 2.24) is 9.97 Å². The van der Waals surface area contributed by atoms with Crippen molar-refractivity contribution in [3.05, 3.63) is 40.7 Å². The number of nitrogens with one attached hydrogen (secondary N) is 1. The molecule has 6 nitrogen and oxygen atoms in total. The first-order valence-corrected chi connectivity index (χ1v) is 6.13. The molecule has 0 bridgehead atoms. The Balaban J connectivity index is 2.23. The number of rotatable bonds is 3. The van der Waals surface area contributed by atoms with Crippen LogP contribution in [0.5, 0.6) is 5.75 Å². The number of anilines is 2. The van der Waals surface area contributed by atoms with Crippen molar-refractivity contribution >= 4 is 29.1 Å². The minimum absolute atomic E-state index is 0.149. The molecule has 0 aliphatic carbocycles. The van der Waals surface area contributed by atoms with Gasteiger partial charge in [0.15, 0.2) is 0 Å². The zero-order valence-corrected chi connectivity index (χ0v) is 11.7. The summed E-state index contributed by atoms with van der Waals surface area (Å²) in [5.41, 5.74) is 7.20. The van der Waals surface area contributed by atoms with E-state index in [4.69, 9.17) is 22.1 Å². The Morgan fingerprint density at radius 3 is 2.75 bits per heavy atom. The second-order valence-corrected chi connectivity index (χ2v) is 4.45. The van der Waals surface area contributed by atoms with Gasteiger partial charge in [-0.3, -0.25) is 10.1 Å². The molecule has 0 aliphatic heterocycles. The van der Waals surface area contributed by atoms with Gasteiger partial charge in [0.1, 0.15) is 10.9 Å². The van der Waals surface area contributed by atoms with Crippen LogP contribution in [0.15, 0.2) is 24.3 Å². The maximum absolute atomic E-state index is 12.1. The molecule has 0 atom stereocenters. The summed E-state index contributed by atoms with van der Waals surface area (Å²) in [7, 11) is 1.48. The van der Waals surface area contributed by atoms with E-state index in [1.54, 1.807) is 31.2 Å². The van der Waals surface area contributed by atoms with E-state index >= 15 is 0 Å². The summed E-state index contributed by atoms with van der Waals surface area (Å²) in [4.78, 5) is 20.1. The van der Waals surface area contributed by atoms with Crippen molar-refractivity contribution < 1.29 is 9.53 Å². The fourth-order valence-electron chi connectivity index (χ4n) is 1.61. The van der Waals surface area contributed by atoms with E-state index in [9.17, 15) is 4.79 Å². The molecule has 1 heterocycles. The summed E-state index contributed by atoms with van der Waals surface area (Å²) in [5, 5.41) is 2.84. The van der Waals surface area contributed by atoms with Crippen molar-refractivity contribution in [2.75, 3.05) is 18.2 Å². The van der Waals surface area contributed by atoms with Crippen LogP contribution in [0.3, 0.4) is 0 Å². The highest BCUT2D eigenvalue weighted by molar-refractivity contribution is 6.29. The summed E-state index contributed by atoms with van der Waals surface area (Å²) in [5.74, 6) is 0.210. The van der Waals surface area contributed by atoms with Crippen LogP contribution in [0.1, 0.15) is 16.1 Å². The fraction of sp³-hybridized carbons (Fsp3) is 0.154. The van der Waals surface area contributed by atoms with Gasteiger partial charge in [-0.2, -0.15) is 0 Å². The molecule has 0 saturated heterocycles. The van der Waals surface area contributed by atoms with Crippen LogP contribution in [-0.2, 0) is 0 Å². The topological polar surface area (TPSA) is 90.1 Å². The van der Waals surface area contributed by atoms with Crippen LogP contribution in [0.4, 0.5) is 11.6 Å². The van der Waals surface area contributed by atoms with E-state index in [-0.39, 0.29) is 17.0 Å². The van der Waals surface area contributed by atoms with Gasteiger partial charge < -0.3 is 10.5 Å². The van der Waals surface area contributed by atoms with Gasteiger partial charge in [0, 0.05) is 11.3 Å². The van der Waals surface area contributed by atoms with Gasteiger partial charge in [-0.1, -0.05) is 11.6 Å². The van der Waals surface area contributed by atoms with Gasteiger partial charge in [-0.05, 0) is 31.2 Å². The van der Waals surface area contributed by atoms with E-state index in [1.807, 2.05) is 0 Å². The molecule has 0 aliphatic rings. The molecule has 0 saturated carbocycles. The van der Waals surface area contributed by atoms with E-state index < -0.39 is 0 Å². The van der Waals surface area contributed by atoms with Crippen LogP contribution in [0.2, 0.25) is 5.15 Å². The predicted molar refractivity (Wildman–Crippen MR) is 77.1 cm³/mol. The molecule has 0 fully saturated rings. The molecule has 7 heteroatoms. The maximum atomic E-state index is 12.1. The zero-order chi connectivity index (χ0) is 14.7. The Kier molecular flexibility index (Phi) is 4.05. The molecule has 1 amide bonds. The lowest BCUT2D eigenvalue weighted by Gasteiger charge is -2.08. The minimum Gasteiger partial charge on any atom is -0.495 e. The fourth-order valence-corrected chi connectivity index (χ4v) is 1.85. The molecule has 2 aromatic rings. The number of nitrogens with two attached hydrogens (primary N) is 1. The molecule has 1 aromatic heterocycles. The highest BCUT2D eigenvalue weighted by Gasteiger charge is 2.11. The number of benzene rings is 1. The first kappa shape index (κ1) is 14.1. The Morgan fingerprint density at radius 1 is 1.35 bits per heavy atom. The number of aromatic nitrogens is 2. The largest absolute Gasteiger partial charge is 0.495 e. The van der Waals surface area contributed by atoms with Crippen LogP contribution in [-0.4, -0.2) is 23.0 Å². The number of hydrogen-bond donors (Lipinski definition) is 2. The van der Waals surface area contributed by atoms with E-state index in [2.05, 4.69) is 15.3 Å². The van der Waals surface area contributed by atoms with Gasteiger partial charge in [-0.25, -0.2) is 9.97 Å². The number of carbonyl (C=O) groups excluding carboxylic acids is 1. The number of hydrogen-bond acceptors (Lipinski definition) is 5. The van der Waals surface area contributed by atoms with Crippen LogP contribution >= 0.6 is 11.6 Å². The Hall–Kier alpha value is -2.34. The van der Waals surface area contributed by atoms with Crippen molar-refractivity contribution in [1.29, 1.82) is 0 Å². The number of halogens is 1. The van der Waals surface area contributed by atoms with E-state index in [0.717, 1.165) is 0 Å². The molecule has 0 spiro atoms. The molecule has 104 valence electrons. The van der Waals surface area contributed by atoms with Crippen molar-refractivity contribution in [3.63, 3.8) is 0 Å². The standard InChI is InChI=1S/C13H13ClN4O2/c1-7-5-11(14)17-13(16-7)18-12(19)8-3-4-9(15)10(6-8)20-2/h3-6H,15H2,1-2H3,(H,16,17,18,19). The number of aryl methyl sites for hydroxylation is 1. The van der Waals surface area contributed by atoms with Crippen molar-refractivity contribution in [2.24, 2.45) is 0 Å². The lowest BCUT2D eigenvalue weighted by molar-refractivity contribution is 0.102. The average Bonchev–Trinajstić information content (AvgIpc) is 2.37. The number of carbonyl (C=O) groups is 1. The third-order valence-corrected chi connectivity index (χ3v) is 2.74. The smallest absolute Gasteiger partial charge is 0.258 e. The zero-order valence-electron chi connectivity index (χ0n) is 11.0. The van der Waals surface area contributed by atoms with Crippen molar-refractivity contribution in [3.8, 4) is 5.75 Å². The molecule has 2 rings (SSSR count). The highest BCUT2D eigenvalue weighted by atomic mass is 35.5. The second-order valence-electron chi connectivity index (χ2n) is 4.07.